The van der Waals surface area contributed by atoms with Crippen molar-refractivity contribution in [3.05, 3.63) is 83.1 Å². The molecule has 2 amide bonds. The third-order valence-electron chi connectivity index (χ3n) is 8.51. The van der Waals surface area contributed by atoms with Gasteiger partial charge in [0.05, 0.1) is 29.5 Å². The highest BCUT2D eigenvalue weighted by Crippen LogP contribution is 2.34. The first kappa shape index (κ1) is 29.7. The second-order valence-corrected chi connectivity index (χ2v) is 13.1. The van der Waals surface area contributed by atoms with Crippen LogP contribution in [0.3, 0.4) is 0 Å². The van der Waals surface area contributed by atoms with E-state index in [1.807, 2.05) is 36.4 Å². The molecule has 0 unspecified atom stereocenters. The number of carbonyl (C=O) groups is 2. The molecular weight excluding hydrogens is 578 g/mol. The molecule has 44 heavy (non-hydrogen) atoms. The van der Waals surface area contributed by atoms with Gasteiger partial charge in [-0.25, -0.2) is 13.1 Å². The van der Waals surface area contributed by atoms with Gasteiger partial charge < -0.3 is 4.74 Å². The Labute approximate surface area is 256 Å². The number of amides is 2. The van der Waals surface area contributed by atoms with Crippen LogP contribution >= 0.6 is 0 Å². The lowest BCUT2D eigenvalue weighted by Crippen LogP contribution is -2.49. The molecule has 0 spiro atoms. The van der Waals surface area contributed by atoms with E-state index < -0.39 is 21.8 Å². The van der Waals surface area contributed by atoms with Gasteiger partial charge in [0.1, 0.15) is 11.6 Å². The number of rotatable bonds is 6. The SMILES string of the molecule is CC1=C(C#N)C(=O)N(C2CCCCC2)C(=O)/C1=C/c1cn(-c2ccccc2)nc1-c1ccc(S(=O)(=O)N2CCOCC2)cc1. The average Bonchev–Trinajstić information content (AvgIpc) is 3.49. The van der Waals surface area contributed by atoms with E-state index in [1.54, 1.807) is 48.1 Å². The Morgan fingerprint density at radius 2 is 1.64 bits per heavy atom. The van der Waals surface area contributed by atoms with E-state index in [4.69, 9.17) is 9.84 Å². The number of nitriles is 1. The minimum absolute atomic E-state index is 0.0314. The van der Waals surface area contributed by atoms with Crippen LogP contribution in [0.1, 0.15) is 44.6 Å². The highest BCUT2D eigenvalue weighted by Gasteiger charge is 2.40. The standard InChI is InChI=1S/C33H33N5O5S/c1-23-29(32(39)38(33(40)30(23)21-34)27-10-6-3-7-11-27)20-25-22-37(26-8-4-2-5-9-26)35-31(25)24-12-14-28(15-13-24)44(41,42)36-16-18-43-19-17-36/h2,4-5,8-9,12-15,20,22,27H,3,6-7,10-11,16-19H2,1H3/b29-20+. The maximum atomic E-state index is 13.9. The van der Waals surface area contributed by atoms with E-state index in [0.29, 0.717) is 48.7 Å². The molecule has 226 valence electrons. The summed E-state index contributed by atoms with van der Waals surface area (Å²) in [5.74, 6) is -0.944. The second kappa shape index (κ2) is 12.3. The van der Waals surface area contributed by atoms with E-state index in [9.17, 15) is 23.3 Å². The highest BCUT2D eigenvalue weighted by atomic mass is 32.2. The maximum Gasteiger partial charge on any atom is 0.271 e. The van der Waals surface area contributed by atoms with Crippen molar-refractivity contribution < 1.29 is 22.7 Å². The molecule has 1 aromatic heterocycles. The molecule has 6 rings (SSSR count). The summed E-state index contributed by atoms with van der Waals surface area (Å²) >= 11 is 0. The first-order valence-corrected chi connectivity index (χ1v) is 16.3. The largest absolute Gasteiger partial charge is 0.379 e. The summed E-state index contributed by atoms with van der Waals surface area (Å²) in [6.45, 7) is 2.95. The van der Waals surface area contributed by atoms with Crippen molar-refractivity contribution in [1.29, 1.82) is 5.26 Å². The summed E-state index contributed by atoms with van der Waals surface area (Å²) in [6, 6.07) is 17.8. The highest BCUT2D eigenvalue weighted by molar-refractivity contribution is 7.89. The quantitative estimate of drug-likeness (QED) is 0.297. The van der Waals surface area contributed by atoms with E-state index in [0.717, 1.165) is 37.8 Å². The van der Waals surface area contributed by atoms with Crippen molar-refractivity contribution in [2.45, 2.75) is 50.0 Å². The van der Waals surface area contributed by atoms with Gasteiger partial charge in [0, 0.05) is 42.0 Å². The van der Waals surface area contributed by atoms with Gasteiger partial charge >= 0.3 is 0 Å². The van der Waals surface area contributed by atoms with Crippen LogP contribution in [0.2, 0.25) is 0 Å². The zero-order valence-corrected chi connectivity index (χ0v) is 25.3. The summed E-state index contributed by atoms with van der Waals surface area (Å²) in [6.07, 6.45) is 7.84. The van der Waals surface area contributed by atoms with E-state index in [2.05, 4.69) is 0 Å². The fraction of sp³-hybridized carbons (Fsp3) is 0.333. The van der Waals surface area contributed by atoms with Crippen molar-refractivity contribution in [3.8, 4) is 23.0 Å². The number of imide groups is 1. The van der Waals surface area contributed by atoms with Crippen molar-refractivity contribution in [1.82, 2.24) is 19.0 Å². The molecule has 0 bridgehead atoms. The number of hydrogen-bond acceptors (Lipinski definition) is 7. The third-order valence-corrected chi connectivity index (χ3v) is 10.4. The van der Waals surface area contributed by atoms with Crippen LogP contribution in [0, 0.1) is 11.3 Å². The van der Waals surface area contributed by atoms with Crippen LogP contribution in [-0.2, 0) is 24.3 Å². The van der Waals surface area contributed by atoms with Crippen LogP contribution in [0.5, 0.6) is 0 Å². The first-order valence-electron chi connectivity index (χ1n) is 14.8. The number of para-hydroxylation sites is 1. The molecule has 1 saturated carbocycles. The number of nitrogens with zero attached hydrogens (tertiary/aromatic N) is 5. The van der Waals surface area contributed by atoms with Gasteiger partial charge in [-0.15, -0.1) is 0 Å². The normalized spacial score (nSPS) is 19.9. The predicted octanol–water partition coefficient (Wildman–Crippen LogP) is 4.49. The number of sulfonamides is 1. The molecule has 0 atom stereocenters. The van der Waals surface area contributed by atoms with Gasteiger partial charge in [-0.3, -0.25) is 14.5 Å². The average molecular weight is 612 g/mol. The monoisotopic (exact) mass is 611 g/mol. The van der Waals surface area contributed by atoms with Crippen molar-refractivity contribution in [2.24, 2.45) is 0 Å². The van der Waals surface area contributed by atoms with Crippen LogP contribution in [0.25, 0.3) is 23.0 Å². The lowest BCUT2D eigenvalue weighted by atomic mass is 9.88. The molecule has 1 saturated heterocycles. The lowest BCUT2D eigenvalue weighted by molar-refractivity contribution is -0.143. The van der Waals surface area contributed by atoms with Crippen LogP contribution < -0.4 is 0 Å². The van der Waals surface area contributed by atoms with Crippen molar-refractivity contribution in [3.63, 3.8) is 0 Å². The zero-order valence-electron chi connectivity index (χ0n) is 24.5. The lowest BCUT2D eigenvalue weighted by Gasteiger charge is -2.36. The Morgan fingerprint density at radius 3 is 2.30 bits per heavy atom. The molecule has 11 heteroatoms. The molecular formula is C33H33N5O5S. The van der Waals surface area contributed by atoms with Gasteiger partial charge in [-0.1, -0.05) is 49.6 Å². The maximum absolute atomic E-state index is 13.9. The topological polar surface area (TPSA) is 126 Å². The number of aromatic nitrogens is 2. The minimum Gasteiger partial charge on any atom is -0.379 e. The summed E-state index contributed by atoms with van der Waals surface area (Å²) in [7, 11) is -3.68. The van der Waals surface area contributed by atoms with Crippen LogP contribution in [0.15, 0.2) is 82.4 Å². The van der Waals surface area contributed by atoms with Crippen LogP contribution in [-0.4, -0.2) is 71.6 Å². The fourth-order valence-electron chi connectivity index (χ4n) is 6.08. The number of morpholine rings is 1. The first-order chi connectivity index (χ1) is 21.3. The number of benzene rings is 2. The summed E-state index contributed by atoms with van der Waals surface area (Å²) in [5, 5.41) is 14.8. The summed E-state index contributed by atoms with van der Waals surface area (Å²) in [4.78, 5) is 28.7. The van der Waals surface area contributed by atoms with Gasteiger partial charge in [0.15, 0.2) is 0 Å². The third kappa shape index (κ3) is 5.52. The molecule has 1 aliphatic carbocycles. The Bertz CT molecular complexity index is 1790. The molecule has 2 aliphatic heterocycles. The molecule has 0 radical (unpaired) electrons. The Kier molecular flexibility index (Phi) is 8.31. The van der Waals surface area contributed by atoms with E-state index in [-0.39, 0.29) is 22.1 Å². The van der Waals surface area contributed by atoms with E-state index in [1.165, 1.54) is 9.21 Å². The smallest absolute Gasteiger partial charge is 0.271 e. The van der Waals surface area contributed by atoms with E-state index >= 15 is 0 Å². The van der Waals surface area contributed by atoms with Crippen molar-refractivity contribution in [2.75, 3.05) is 26.3 Å². The minimum atomic E-state index is -3.68. The number of ether oxygens (including phenoxy) is 1. The Hall–Kier alpha value is -4.37. The van der Waals surface area contributed by atoms with Gasteiger partial charge in [0.25, 0.3) is 11.8 Å². The molecule has 2 fully saturated rings. The summed E-state index contributed by atoms with van der Waals surface area (Å²) < 4.78 is 34.8. The molecule has 3 aliphatic rings. The van der Waals surface area contributed by atoms with Gasteiger partial charge in [-0.2, -0.15) is 14.7 Å². The molecule has 3 aromatic rings. The number of hydrogen-bond donors (Lipinski definition) is 0. The summed E-state index contributed by atoms with van der Waals surface area (Å²) in [5.41, 5.74) is 3.14. The van der Waals surface area contributed by atoms with Gasteiger partial charge in [0.2, 0.25) is 10.0 Å². The fourth-order valence-corrected chi connectivity index (χ4v) is 7.48. The van der Waals surface area contributed by atoms with Gasteiger partial charge in [-0.05, 0) is 55.7 Å². The molecule has 10 nitrogen and oxygen atoms in total. The Balaban J connectivity index is 1.44. The molecule has 3 heterocycles. The van der Waals surface area contributed by atoms with Crippen LogP contribution in [0.4, 0.5) is 0 Å². The number of carbonyl (C=O) groups excluding carboxylic acids is 2. The molecule has 0 N–H and O–H groups in total. The Morgan fingerprint density at radius 1 is 0.955 bits per heavy atom. The zero-order chi connectivity index (χ0) is 30.8. The second-order valence-electron chi connectivity index (χ2n) is 11.2. The predicted molar refractivity (Wildman–Crippen MR) is 164 cm³/mol. The molecule has 2 aromatic carbocycles. The van der Waals surface area contributed by atoms with Crippen molar-refractivity contribution >= 4 is 27.9 Å².